The summed E-state index contributed by atoms with van der Waals surface area (Å²) in [5.74, 6) is 0.361. The van der Waals surface area contributed by atoms with Gasteiger partial charge in [-0.25, -0.2) is 0 Å². The molecule has 1 unspecified atom stereocenters. The highest BCUT2D eigenvalue weighted by Gasteiger charge is 2.46. The molecule has 1 aromatic carbocycles. The van der Waals surface area contributed by atoms with Gasteiger partial charge in [0.05, 0.1) is 5.41 Å². The summed E-state index contributed by atoms with van der Waals surface area (Å²) in [6.45, 7) is 10.3. The van der Waals surface area contributed by atoms with E-state index in [0.29, 0.717) is 5.91 Å². The van der Waals surface area contributed by atoms with E-state index >= 15 is 0 Å². The molecule has 1 spiro atoms. The zero-order valence-corrected chi connectivity index (χ0v) is 14.1. The quantitative estimate of drug-likeness (QED) is 0.910. The number of hydrogen-bond donors (Lipinski definition) is 1. The van der Waals surface area contributed by atoms with Crippen molar-refractivity contribution in [3.05, 3.63) is 35.4 Å². The number of rotatable bonds is 2. The first-order valence-electron chi connectivity index (χ1n) is 8.50. The van der Waals surface area contributed by atoms with E-state index in [0.717, 1.165) is 45.4 Å². The Labute approximate surface area is 134 Å². The molecule has 1 atom stereocenters. The number of carbonyl (C=O) groups excluding carboxylic acids is 1. The third-order valence-corrected chi connectivity index (χ3v) is 5.27. The average molecular weight is 300 g/mol. The molecule has 0 aromatic heterocycles. The van der Waals surface area contributed by atoms with Gasteiger partial charge in [0.1, 0.15) is 0 Å². The van der Waals surface area contributed by atoms with Gasteiger partial charge in [0.2, 0.25) is 5.91 Å². The highest BCUT2D eigenvalue weighted by Crippen LogP contribution is 2.38. The molecule has 0 radical (unpaired) electrons. The molecule has 2 heterocycles. The molecule has 2 saturated heterocycles. The van der Waals surface area contributed by atoms with E-state index in [-0.39, 0.29) is 10.8 Å². The van der Waals surface area contributed by atoms with Crippen LogP contribution in [-0.2, 0) is 16.8 Å². The maximum Gasteiger partial charge on any atom is 0.230 e. The van der Waals surface area contributed by atoms with Crippen LogP contribution in [0.15, 0.2) is 24.3 Å². The molecule has 3 nitrogen and oxygen atoms in total. The van der Waals surface area contributed by atoms with Crippen LogP contribution in [0.5, 0.6) is 0 Å². The minimum atomic E-state index is -0.108. The third-order valence-electron chi connectivity index (χ3n) is 5.27. The molecule has 0 aliphatic carbocycles. The lowest BCUT2D eigenvalue weighted by atomic mass is 9.79. The minimum Gasteiger partial charge on any atom is -0.338 e. The van der Waals surface area contributed by atoms with Crippen LogP contribution in [-0.4, -0.2) is 30.4 Å². The highest BCUT2D eigenvalue weighted by molar-refractivity contribution is 5.85. The van der Waals surface area contributed by atoms with E-state index in [1.807, 2.05) is 0 Å². The Morgan fingerprint density at radius 1 is 1.18 bits per heavy atom. The second-order valence-corrected chi connectivity index (χ2v) is 7.98. The van der Waals surface area contributed by atoms with E-state index < -0.39 is 0 Å². The van der Waals surface area contributed by atoms with Crippen molar-refractivity contribution in [2.45, 2.75) is 52.0 Å². The van der Waals surface area contributed by atoms with Gasteiger partial charge >= 0.3 is 0 Å². The molecule has 2 fully saturated rings. The van der Waals surface area contributed by atoms with Crippen molar-refractivity contribution in [3.8, 4) is 0 Å². The number of nitrogens with zero attached hydrogens (tertiary/aromatic N) is 1. The molecule has 120 valence electrons. The predicted molar refractivity (Wildman–Crippen MR) is 89.7 cm³/mol. The number of likely N-dealkylation sites (tertiary alicyclic amines) is 1. The lowest BCUT2D eigenvalue weighted by molar-refractivity contribution is -0.137. The van der Waals surface area contributed by atoms with Gasteiger partial charge in [0.15, 0.2) is 0 Å². The van der Waals surface area contributed by atoms with Crippen molar-refractivity contribution in [1.82, 2.24) is 10.2 Å². The lowest BCUT2D eigenvalue weighted by Gasteiger charge is -2.32. The normalized spacial score (nSPS) is 26.0. The number of benzene rings is 1. The summed E-state index contributed by atoms with van der Waals surface area (Å²) >= 11 is 0. The van der Waals surface area contributed by atoms with Crippen LogP contribution in [0.4, 0.5) is 0 Å². The van der Waals surface area contributed by atoms with Gasteiger partial charge in [0.25, 0.3) is 0 Å². The smallest absolute Gasteiger partial charge is 0.230 e. The van der Waals surface area contributed by atoms with E-state index in [1.165, 1.54) is 11.1 Å². The molecule has 1 amide bonds. The minimum absolute atomic E-state index is 0.108. The van der Waals surface area contributed by atoms with E-state index in [4.69, 9.17) is 0 Å². The Balaban J connectivity index is 1.68. The third kappa shape index (κ3) is 2.91. The highest BCUT2D eigenvalue weighted by atomic mass is 16.2. The first kappa shape index (κ1) is 15.5. The fourth-order valence-electron chi connectivity index (χ4n) is 3.74. The number of hydrogen-bond acceptors (Lipinski definition) is 2. The summed E-state index contributed by atoms with van der Waals surface area (Å²) in [7, 11) is 0. The number of piperidine rings is 1. The van der Waals surface area contributed by atoms with Crippen molar-refractivity contribution in [1.29, 1.82) is 0 Å². The number of nitrogens with one attached hydrogen (secondary N) is 1. The molecule has 22 heavy (non-hydrogen) atoms. The van der Waals surface area contributed by atoms with Crippen LogP contribution in [0.25, 0.3) is 0 Å². The van der Waals surface area contributed by atoms with Gasteiger partial charge < -0.3 is 10.2 Å². The molecular weight excluding hydrogens is 272 g/mol. The zero-order valence-electron chi connectivity index (χ0n) is 14.1. The Kier molecular flexibility index (Phi) is 4.02. The van der Waals surface area contributed by atoms with Crippen molar-refractivity contribution < 1.29 is 4.79 Å². The monoisotopic (exact) mass is 300 g/mol. The van der Waals surface area contributed by atoms with E-state index in [2.05, 4.69) is 55.3 Å². The fraction of sp³-hybridized carbons (Fsp3) is 0.632. The fourth-order valence-corrected chi connectivity index (χ4v) is 3.74. The van der Waals surface area contributed by atoms with Crippen LogP contribution in [0.1, 0.15) is 51.2 Å². The summed E-state index contributed by atoms with van der Waals surface area (Å²) in [5, 5.41) is 3.41. The summed E-state index contributed by atoms with van der Waals surface area (Å²) in [6, 6.07) is 8.76. The van der Waals surface area contributed by atoms with Gasteiger partial charge in [-0.1, -0.05) is 45.0 Å². The van der Waals surface area contributed by atoms with Crippen LogP contribution >= 0.6 is 0 Å². The second-order valence-electron chi connectivity index (χ2n) is 7.98. The SMILES string of the molecule is CC(C)(C)c1ccc(CN2CCC3(CCCNC3)C2=O)cc1. The number of amides is 1. The molecule has 2 aliphatic rings. The van der Waals surface area contributed by atoms with Crippen molar-refractivity contribution in [2.24, 2.45) is 5.41 Å². The molecule has 1 aromatic rings. The molecule has 3 rings (SSSR count). The van der Waals surface area contributed by atoms with Crippen LogP contribution < -0.4 is 5.32 Å². The van der Waals surface area contributed by atoms with Gasteiger partial charge in [0, 0.05) is 19.6 Å². The maximum atomic E-state index is 12.8. The van der Waals surface area contributed by atoms with Gasteiger partial charge in [-0.15, -0.1) is 0 Å². The summed E-state index contributed by atoms with van der Waals surface area (Å²) in [4.78, 5) is 14.9. The van der Waals surface area contributed by atoms with Gasteiger partial charge in [-0.3, -0.25) is 4.79 Å². The molecule has 0 bridgehead atoms. The largest absolute Gasteiger partial charge is 0.338 e. The Bertz CT molecular complexity index is 536. The Hall–Kier alpha value is -1.35. The van der Waals surface area contributed by atoms with E-state index in [9.17, 15) is 4.79 Å². The first-order chi connectivity index (χ1) is 10.4. The average Bonchev–Trinajstić information content (AvgIpc) is 2.77. The van der Waals surface area contributed by atoms with Gasteiger partial charge in [-0.05, 0) is 42.3 Å². The Morgan fingerprint density at radius 3 is 2.50 bits per heavy atom. The summed E-state index contributed by atoms with van der Waals surface area (Å²) in [6.07, 6.45) is 3.19. The van der Waals surface area contributed by atoms with Crippen molar-refractivity contribution in [3.63, 3.8) is 0 Å². The summed E-state index contributed by atoms with van der Waals surface area (Å²) in [5.41, 5.74) is 2.66. The lowest BCUT2D eigenvalue weighted by Crippen LogP contribution is -2.45. The van der Waals surface area contributed by atoms with Crippen molar-refractivity contribution in [2.75, 3.05) is 19.6 Å². The zero-order chi connectivity index (χ0) is 15.8. The first-order valence-corrected chi connectivity index (χ1v) is 8.50. The molecule has 3 heteroatoms. The molecular formula is C19H28N2O. The summed E-state index contributed by atoms with van der Waals surface area (Å²) < 4.78 is 0. The topological polar surface area (TPSA) is 32.3 Å². The second kappa shape index (κ2) is 5.69. The predicted octanol–water partition coefficient (Wildman–Crippen LogP) is 3.09. The molecule has 2 aliphatic heterocycles. The van der Waals surface area contributed by atoms with Gasteiger partial charge in [-0.2, -0.15) is 0 Å². The molecule has 1 N–H and O–H groups in total. The van der Waals surface area contributed by atoms with Crippen LogP contribution in [0.2, 0.25) is 0 Å². The maximum absolute atomic E-state index is 12.8. The van der Waals surface area contributed by atoms with Crippen LogP contribution in [0, 0.1) is 5.41 Å². The van der Waals surface area contributed by atoms with Crippen molar-refractivity contribution >= 4 is 5.91 Å². The Morgan fingerprint density at radius 2 is 1.91 bits per heavy atom. The molecule has 0 saturated carbocycles. The standard InChI is InChI=1S/C19H28N2O/c1-18(2,3)16-7-5-15(6-8-16)13-21-12-10-19(17(21)22)9-4-11-20-14-19/h5-8,20H,4,9-14H2,1-3H3. The van der Waals surface area contributed by atoms with Crippen LogP contribution in [0.3, 0.4) is 0 Å². The number of carbonyl (C=O) groups is 1. The van der Waals surface area contributed by atoms with E-state index in [1.54, 1.807) is 0 Å².